The summed E-state index contributed by atoms with van der Waals surface area (Å²) in [5.41, 5.74) is 0.0269. The van der Waals surface area contributed by atoms with Crippen LogP contribution in [0.2, 0.25) is 0 Å². The molecule has 6 rings (SSSR count). The van der Waals surface area contributed by atoms with Crippen LogP contribution in [-0.2, 0) is 61.8 Å². The second-order valence-electron chi connectivity index (χ2n) is 13.8. The minimum absolute atomic E-state index is 0.0663. The van der Waals surface area contributed by atoms with Crippen molar-refractivity contribution in [3.8, 4) is 0 Å². The van der Waals surface area contributed by atoms with Crippen molar-refractivity contribution in [3.05, 3.63) is 11.1 Å². The zero-order valence-corrected chi connectivity index (χ0v) is 32.7. The number of fused-ring (bicyclic) bond motifs is 3. The quantitative estimate of drug-likeness (QED) is 0.0481. The van der Waals surface area contributed by atoms with E-state index in [0.29, 0.717) is 65.3 Å². The number of unbranched alkanes of at least 4 members (excludes halogenated alkanes) is 1. The van der Waals surface area contributed by atoms with Crippen LogP contribution >= 0.6 is 21.6 Å². The zero-order valence-electron chi connectivity index (χ0n) is 31.1. The van der Waals surface area contributed by atoms with Crippen molar-refractivity contribution in [2.45, 2.75) is 126 Å². The van der Waals surface area contributed by atoms with E-state index in [0.717, 1.165) is 29.2 Å². The van der Waals surface area contributed by atoms with E-state index < -0.39 is 34.8 Å². The second kappa shape index (κ2) is 19.1. The molecule has 3 saturated heterocycles. The van der Waals surface area contributed by atoms with Crippen LogP contribution in [0.1, 0.15) is 91.9 Å². The van der Waals surface area contributed by atoms with E-state index in [1.807, 2.05) is 49.3 Å². The highest BCUT2D eigenvalue weighted by Crippen LogP contribution is 2.76. The Kier molecular flexibility index (Phi) is 15.2. The van der Waals surface area contributed by atoms with Crippen LogP contribution in [0.15, 0.2) is 11.1 Å². The maximum absolute atomic E-state index is 12.7. The van der Waals surface area contributed by atoms with E-state index in [1.54, 1.807) is 0 Å². The minimum Gasteiger partial charge on any atom is -0.463 e. The van der Waals surface area contributed by atoms with Crippen molar-refractivity contribution in [2.24, 2.45) is 5.92 Å². The Morgan fingerprint density at radius 3 is 2.17 bits per heavy atom. The Morgan fingerprint density at radius 1 is 0.885 bits per heavy atom. The molecular weight excluding hydrogens is 717 g/mol. The Hall–Kier alpha value is -1.88. The van der Waals surface area contributed by atoms with Gasteiger partial charge in [-0.25, -0.2) is 4.79 Å². The average molecular weight is 773 g/mol. The van der Waals surface area contributed by atoms with E-state index in [9.17, 15) is 19.2 Å². The van der Waals surface area contributed by atoms with Crippen LogP contribution in [-0.4, -0.2) is 123 Å². The summed E-state index contributed by atoms with van der Waals surface area (Å²) in [7, 11) is 3.91. The fourth-order valence-electron chi connectivity index (χ4n) is 8.24. The molecule has 52 heavy (non-hydrogen) atoms. The fourth-order valence-corrected chi connectivity index (χ4v) is 11.3. The van der Waals surface area contributed by atoms with Crippen LogP contribution in [0.25, 0.3) is 0 Å². The number of carbonyl (C=O) groups is 4. The monoisotopic (exact) mass is 772 g/mol. The van der Waals surface area contributed by atoms with Gasteiger partial charge in [0.25, 0.3) is 0 Å². The number of esters is 4. The Labute approximate surface area is 314 Å². The first-order valence-electron chi connectivity index (χ1n) is 19.0. The smallest absolute Gasteiger partial charge is 0.334 e. The van der Waals surface area contributed by atoms with Gasteiger partial charge in [0.15, 0.2) is 5.60 Å². The fraction of sp³-hybridized carbons (Fsp3) is 0.838. The van der Waals surface area contributed by atoms with Crippen LogP contribution < -0.4 is 0 Å². The number of ether oxygens (including phenoxy) is 9. The second-order valence-corrected chi connectivity index (χ2v) is 16.6. The number of cyclic esters (lactones) is 1. The highest BCUT2D eigenvalue weighted by atomic mass is 33.1. The van der Waals surface area contributed by atoms with E-state index in [4.69, 9.17) is 42.6 Å². The molecule has 0 radical (unpaired) electrons. The SMILES string of the molecule is CC.CC(OC(=O)CCC(=O)OCCOCCOCCOCCOC(=O)CCCCC1CCSS1)C12OC1CC1C3=C(CCC14O[C@@]42C)C(=O)OC3. The molecular formula is C37H56O13S2. The minimum atomic E-state index is -0.738. The first-order chi connectivity index (χ1) is 25.2. The molecule has 1 spiro atoms. The first kappa shape index (κ1) is 41.3. The Balaban J connectivity index is 0.00000257. The van der Waals surface area contributed by atoms with Gasteiger partial charge in [-0.3, -0.25) is 14.4 Å². The molecule has 0 aromatic rings. The van der Waals surface area contributed by atoms with Crippen molar-refractivity contribution in [2.75, 3.05) is 65.2 Å². The lowest BCUT2D eigenvalue weighted by Gasteiger charge is -2.38. The number of epoxide rings is 2. The van der Waals surface area contributed by atoms with Crippen molar-refractivity contribution in [1.29, 1.82) is 0 Å². The Bertz CT molecular complexity index is 1290. The molecule has 7 atom stereocenters. The third-order valence-electron chi connectivity index (χ3n) is 10.9. The molecule has 4 heterocycles. The van der Waals surface area contributed by atoms with Gasteiger partial charge in [0.2, 0.25) is 0 Å². The van der Waals surface area contributed by atoms with E-state index >= 15 is 0 Å². The van der Waals surface area contributed by atoms with Crippen molar-refractivity contribution in [3.63, 3.8) is 0 Å². The number of hydrogen-bond donors (Lipinski definition) is 0. The summed E-state index contributed by atoms with van der Waals surface area (Å²) in [6.45, 7) is 10.5. The highest BCUT2D eigenvalue weighted by molar-refractivity contribution is 8.77. The molecule has 13 nitrogen and oxygen atoms in total. The van der Waals surface area contributed by atoms with E-state index in [2.05, 4.69) is 0 Å². The maximum Gasteiger partial charge on any atom is 0.334 e. The van der Waals surface area contributed by atoms with Gasteiger partial charge in [-0.05, 0) is 57.9 Å². The molecule has 0 amide bonds. The van der Waals surface area contributed by atoms with Crippen molar-refractivity contribution >= 4 is 45.5 Å². The molecule has 1 saturated carbocycles. The van der Waals surface area contributed by atoms with Gasteiger partial charge < -0.3 is 42.6 Å². The number of rotatable bonds is 22. The molecule has 0 aromatic heterocycles. The highest BCUT2D eigenvalue weighted by Gasteiger charge is 2.91. The molecule has 294 valence electrons. The summed E-state index contributed by atoms with van der Waals surface area (Å²) in [4.78, 5) is 48.8. The first-order valence-corrected chi connectivity index (χ1v) is 21.4. The predicted molar refractivity (Wildman–Crippen MR) is 193 cm³/mol. The lowest BCUT2D eigenvalue weighted by Crippen LogP contribution is -2.55. The summed E-state index contributed by atoms with van der Waals surface area (Å²) in [5, 5.41) is 0.742. The molecule has 0 bridgehead atoms. The van der Waals surface area contributed by atoms with Crippen molar-refractivity contribution < 1.29 is 61.8 Å². The molecule has 0 aromatic carbocycles. The van der Waals surface area contributed by atoms with E-state index in [-0.39, 0.29) is 56.6 Å². The van der Waals surface area contributed by atoms with Gasteiger partial charge in [0.1, 0.15) is 37.1 Å². The third-order valence-corrected chi connectivity index (χ3v) is 13.9. The zero-order chi connectivity index (χ0) is 37.2. The van der Waals surface area contributed by atoms with Gasteiger partial charge in [-0.1, -0.05) is 41.9 Å². The summed E-state index contributed by atoms with van der Waals surface area (Å²) < 4.78 is 50.5. The standard InChI is InChI=1S/C35H50O13S2.C2H6/c1-23(35-28(47-35)21-27-26-22-45-32(39)25(26)9-11-34(27)33(35,2)48-34)46-31(38)8-7-30(37)44-19-17-42-15-13-40-12-14-41-16-18-43-29(36)6-4-3-5-24-10-20-49-50-24;1-2/h23-24,27-28H,3-22H2,1-2H3;1-2H3/t23?,24?,27?,28?,33-,34?,35?;/m0./s1. The maximum atomic E-state index is 12.7. The molecule has 4 fully saturated rings. The van der Waals surface area contributed by atoms with Crippen LogP contribution in [0, 0.1) is 5.92 Å². The van der Waals surface area contributed by atoms with Gasteiger partial charge >= 0.3 is 23.9 Å². The van der Waals surface area contributed by atoms with E-state index in [1.165, 1.54) is 18.6 Å². The molecule has 4 aliphatic heterocycles. The lowest BCUT2D eigenvalue weighted by molar-refractivity contribution is -0.157. The van der Waals surface area contributed by atoms with Gasteiger partial charge in [0, 0.05) is 28.9 Å². The molecule has 15 heteroatoms. The summed E-state index contributed by atoms with van der Waals surface area (Å²) >= 11 is 0. The predicted octanol–water partition coefficient (Wildman–Crippen LogP) is 4.91. The third kappa shape index (κ3) is 9.31. The topological polar surface area (TPSA) is 158 Å². The number of carbonyl (C=O) groups excluding carboxylic acids is 4. The Morgan fingerprint density at radius 2 is 1.52 bits per heavy atom. The van der Waals surface area contributed by atoms with Crippen LogP contribution in [0.4, 0.5) is 0 Å². The summed E-state index contributed by atoms with van der Waals surface area (Å²) in [6.07, 6.45) is 5.94. The van der Waals surface area contributed by atoms with Gasteiger partial charge in [-0.15, -0.1) is 0 Å². The summed E-state index contributed by atoms with van der Waals surface area (Å²) in [6, 6.07) is 0. The molecule has 6 unspecified atom stereocenters. The van der Waals surface area contributed by atoms with Gasteiger partial charge in [0.05, 0.1) is 58.6 Å². The van der Waals surface area contributed by atoms with Crippen LogP contribution in [0.3, 0.4) is 0 Å². The molecule has 2 aliphatic carbocycles. The number of hydrogen-bond acceptors (Lipinski definition) is 15. The normalized spacial score (nSPS) is 31.2. The largest absolute Gasteiger partial charge is 0.463 e. The summed E-state index contributed by atoms with van der Waals surface area (Å²) in [5.74, 6) is -0.0989. The van der Waals surface area contributed by atoms with Gasteiger partial charge in [-0.2, -0.15) is 0 Å². The van der Waals surface area contributed by atoms with Crippen molar-refractivity contribution in [1.82, 2.24) is 0 Å². The average Bonchev–Trinajstić information content (AvgIpc) is 3.85. The molecule has 6 aliphatic rings. The lowest BCUT2D eigenvalue weighted by atomic mass is 9.60. The van der Waals surface area contributed by atoms with Crippen LogP contribution in [0.5, 0.6) is 0 Å². The molecule has 0 N–H and O–H groups in total.